The zero-order valence-electron chi connectivity index (χ0n) is 18.5. The Bertz CT molecular complexity index is 602. The molecule has 1 N–H and O–H groups in total. The smallest absolute Gasteiger partial charge is 0.344 e. The zero-order valence-corrected chi connectivity index (χ0v) is 18.5. The van der Waals surface area contributed by atoms with Gasteiger partial charge in [-0.1, -0.05) is 79.9 Å². The Kier molecular flexibility index (Phi) is 8.84. The van der Waals surface area contributed by atoms with E-state index in [0.29, 0.717) is 6.42 Å². The topological polar surface area (TPSA) is 46.5 Å². The van der Waals surface area contributed by atoms with Crippen molar-refractivity contribution < 1.29 is 14.6 Å². The number of rotatable bonds is 12. The highest BCUT2D eigenvalue weighted by molar-refractivity contribution is 5.72. The van der Waals surface area contributed by atoms with Crippen LogP contribution < -0.4 is 4.74 Å². The van der Waals surface area contributed by atoms with Crippen LogP contribution in [-0.2, 0) is 15.6 Å². The van der Waals surface area contributed by atoms with Crippen LogP contribution in [0.3, 0.4) is 0 Å². The van der Waals surface area contributed by atoms with Crippen LogP contribution in [0.2, 0.25) is 0 Å². The molecule has 0 fully saturated rings. The normalized spacial score (nSPS) is 13.4. The Hall–Kier alpha value is -1.51. The molecule has 0 saturated heterocycles. The van der Waals surface area contributed by atoms with E-state index in [2.05, 4.69) is 60.6 Å². The average Bonchev–Trinajstić information content (AvgIpc) is 2.63. The standard InChI is InChI=1S/C24H40O3/c1-8-11-12-13-14-21(22(25)26)27-20-16-15-18(23(4,5)9-2)17-19(20)24(6,7)10-3/h15-17,21H,8-14H2,1-7H3,(H,25,26). The van der Waals surface area contributed by atoms with Gasteiger partial charge in [-0.25, -0.2) is 4.79 Å². The van der Waals surface area contributed by atoms with Crippen LogP contribution in [0.15, 0.2) is 18.2 Å². The van der Waals surface area contributed by atoms with Gasteiger partial charge in [-0.3, -0.25) is 0 Å². The fourth-order valence-electron chi connectivity index (χ4n) is 3.12. The maximum Gasteiger partial charge on any atom is 0.344 e. The lowest BCUT2D eigenvalue weighted by molar-refractivity contribution is -0.145. The Morgan fingerprint density at radius 1 is 1.00 bits per heavy atom. The van der Waals surface area contributed by atoms with Crippen LogP contribution in [0.25, 0.3) is 0 Å². The monoisotopic (exact) mass is 376 g/mol. The van der Waals surface area contributed by atoms with Crippen molar-refractivity contribution in [3.05, 3.63) is 29.3 Å². The summed E-state index contributed by atoms with van der Waals surface area (Å²) in [6.45, 7) is 15.4. The number of carboxylic acid groups (broad SMARTS) is 1. The molecule has 0 aliphatic rings. The first-order valence-electron chi connectivity index (χ1n) is 10.6. The molecular weight excluding hydrogens is 336 g/mol. The molecule has 1 unspecified atom stereocenters. The third kappa shape index (κ3) is 6.55. The Morgan fingerprint density at radius 2 is 1.63 bits per heavy atom. The molecular formula is C24H40O3. The number of unbranched alkanes of at least 4 members (excludes halogenated alkanes) is 3. The van der Waals surface area contributed by atoms with Crippen LogP contribution in [0, 0.1) is 0 Å². The predicted octanol–water partition coefficient (Wildman–Crippen LogP) is 6.86. The number of ether oxygens (including phenoxy) is 1. The van der Waals surface area contributed by atoms with Gasteiger partial charge in [0.2, 0.25) is 0 Å². The first-order chi connectivity index (χ1) is 12.6. The summed E-state index contributed by atoms with van der Waals surface area (Å²) in [6.07, 6.45) is 6.02. The van der Waals surface area contributed by atoms with Crippen molar-refractivity contribution in [2.45, 2.75) is 110 Å². The maximum absolute atomic E-state index is 11.7. The van der Waals surface area contributed by atoms with E-state index < -0.39 is 12.1 Å². The van der Waals surface area contributed by atoms with Crippen molar-refractivity contribution in [1.29, 1.82) is 0 Å². The van der Waals surface area contributed by atoms with Crippen LogP contribution in [0.5, 0.6) is 5.75 Å². The van der Waals surface area contributed by atoms with Crippen molar-refractivity contribution in [2.75, 3.05) is 0 Å². The van der Waals surface area contributed by atoms with E-state index in [-0.39, 0.29) is 10.8 Å². The van der Waals surface area contributed by atoms with Gasteiger partial charge in [0, 0.05) is 5.56 Å². The highest BCUT2D eigenvalue weighted by Crippen LogP contribution is 2.39. The van der Waals surface area contributed by atoms with Gasteiger partial charge in [0.25, 0.3) is 0 Å². The molecule has 0 amide bonds. The largest absolute Gasteiger partial charge is 0.479 e. The van der Waals surface area contributed by atoms with E-state index in [1.807, 2.05) is 6.07 Å². The zero-order chi connectivity index (χ0) is 20.7. The summed E-state index contributed by atoms with van der Waals surface area (Å²) in [6, 6.07) is 6.32. The summed E-state index contributed by atoms with van der Waals surface area (Å²) in [4.78, 5) is 11.7. The van der Waals surface area contributed by atoms with Gasteiger partial charge in [0.15, 0.2) is 6.10 Å². The number of hydrogen-bond donors (Lipinski definition) is 1. The minimum atomic E-state index is -0.871. The summed E-state index contributed by atoms with van der Waals surface area (Å²) in [5, 5.41) is 9.64. The van der Waals surface area contributed by atoms with Crippen LogP contribution in [-0.4, -0.2) is 17.2 Å². The van der Waals surface area contributed by atoms with E-state index in [4.69, 9.17) is 4.74 Å². The lowest BCUT2D eigenvalue weighted by atomic mass is 9.76. The molecule has 0 bridgehead atoms. The summed E-state index contributed by atoms with van der Waals surface area (Å²) >= 11 is 0. The van der Waals surface area contributed by atoms with Crippen molar-refractivity contribution in [1.82, 2.24) is 0 Å². The SMILES string of the molecule is CCCCCCC(Oc1ccc(C(C)(C)CC)cc1C(C)(C)CC)C(=O)O. The summed E-state index contributed by atoms with van der Waals surface area (Å²) in [5.74, 6) is -0.148. The number of hydrogen-bond acceptors (Lipinski definition) is 2. The third-order valence-corrected chi connectivity index (χ3v) is 6.12. The number of carboxylic acids is 1. The molecule has 0 radical (unpaired) electrons. The molecule has 0 heterocycles. The third-order valence-electron chi connectivity index (χ3n) is 6.12. The van der Waals surface area contributed by atoms with E-state index in [1.165, 1.54) is 5.56 Å². The van der Waals surface area contributed by atoms with Gasteiger partial charge < -0.3 is 9.84 Å². The minimum absolute atomic E-state index is 0.0690. The van der Waals surface area contributed by atoms with E-state index in [1.54, 1.807) is 0 Å². The number of aliphatic carboxylic acids is 1. The van der Waals surface area contributed by atoms with Crippen LogP contribution in [0.1, 0.15) is 105 Å². The van der Waals surface area contributed by atoms with Crippen LogP contribution in [0.4, 0.5) is 0 Å². The molecule has 27 heavy (non-hydrogen) atoms. The molecule has 1 aromatic rings. The number of benzene rings is 1. The molecule has 0 spiro atoms. The molecule has 154 valence electrons. The lowest BCUT2D eigenvalue weighted by Gasteiger charge is -2.31. The fraction of sp³-hybridized carbons (Fsp3) is 0.708. The quantitative estimate of drug-likeness (QED) is 0.405. The molecule has 1 aromatic carbocycles. The number of carbonyl (C=O) groups is 1. The maximum atomic E-state index is 11.7. The Balaban J connectivity index is 3.18. The minimum Gasteiger partial charge on any atom is -0.479 e. The van der Waals surface area contributed by atoms with Gasteiger partial charge in [-0.05, 0) is 48.1 Å². The summed E-state index contributed by atoms with van der Waals surface area (Å²) in [5.41, 5.74) is 2.41. The van der Waals surface area contributed by atoms with Crippen molar-refractivity contribution in [3.8, 4) is 5.75 Å². The molecule has 1 atom stereocenters. The average molecular weight is 377 g/mol. The summed E-state index contributed by atoms with van der Waals surface area (Å²) < 4.78 is 6.08. The van der Waals surface area contributed by atoms with Gasteiger partial charge >= 0.3 is 5.97 Å². The summed E-state index contributed by atoms with van der Waals surface area (Å²) in [7, 11) is 0. The highest BCUT2D eigenvalue weighted by Gasteiger charge is 2.29. The predicted molar refractivity (Wildman–Crippen MR) is 114 cm³/mol. The fourth-order valence-corrected chi connectivity index (χ4v) is 3.12. The first kappa shape index (κ1) is 23.5. The van der Waals surface area contributed by atoms with E-state index in [9.17, 15) is 9.90 Å². The molecule has 1 rings (SSSR count). The second kappa shape index (κ2) is 10.1. The van der Waals surface area contributed by atoms with Gasteiger partial charge in [0.05, 0.1) is 0 Å². The Morgan fingerprint density at radius 3 is 2.15 bits per heavy atom. The van der Waals surface area contributed by atoms with Gasteiger partial charge in [-0.15, -0.1) is 0 Å². The second-order valence-electron chi connectivity index (χ2n) is 8.98. The molecule has 0 aliphatic heterocycles. The first-order valence-corrected chi connectivity index (χ1v) is 10.6. The lowest BCUT2D eigenvalue weighted by Crippen LogP contribution is -2.29. The van der Waals surface area contributed by atoms with Crippen molar-refractivity contribution in [2.24, 2.45) is 0 Å². The second-order valence-corrected chi connectivity index (χ2v) is 8.98. The molecule has 0 saturated carbocycles. The highest BCUT2D eigenvalue weighted by atomic mass is 16.5. The molecule has 0 aliphatic carbocycles. The van der Waals surface area contributed by atoms with Gasteiger partial charge in [0.1, 0.15) is 5.75 Å². The molecule has 3 heteroatoms. The van der Waals surface area contributed by atoms with Crippen LogP contribution >= 0.6 is 0 Å². The van der Waals surface area contributed by atoms with Gasteiger partial charge in [-0.2, -0.15) is 0 Å². The van der Waals surface area contributed by atoms with Crippen molar-refractivity contribution in [3.63, 3.8) is 0 Å². The van der Waals surface area contributed by atoms with Crippen molar-refractivity contribution >= 4 is 5.97 Å². The molecule has 3 nitrogen and oxygen atoms in total. The van der Waals surface area contributed by atoms with E-state index in [0.717, 1.165) is 49.8 Å². The molecule has 0 aromatic heterocycles. The Labute approximate surface area is 166 Å². The van der Waals surface area contributed by atoms with E-state index >= 15 is 0 Å².